The molecular formula is C46H27N3S. The lowest BCUT2D eigenvalue weighted by Crippen LogP contribution is -2.12. The largest absolute Gasteiger partial charge is 0.277 e. The average molecular weight is 654 g/mol. The SMILES string of the molecule is c1ccc(-c2nc(-n3c4ccccc4c4cc5c6c(c43)-c3ccccc3CC6c3ccc4ccccc4c3-5)nc3c2sc2ccccc23)cc1. The molecule has 12 rings (SSSR count). The van der Waals surface area contributed by atoms with E-state index in [4.69, 9.17) is 9.97 Å². The Morgan fingerprint density at radius 1 is 0.600 bits per heavy atom. The van der Waals surface area contributed by atoms with Gasteiger partial charge in [-0.2, -0.15) is 0 Å². The van der Waals surface area contributed by atoms with Crippen LogP contribution in [0.3, 0.4) is 0 Å². The summed E-state index contributed by atoms with van der Waals surface area (Å²) >= 11 is 1.78. The van der Waals surface area contributed by atoms with Gasteiger partial charge >= 0.3 is 0 Å². The molecule has 0 radical (unpaired) electrons. The number of para-hydroxylation sites is 1. The molecule has 232 valence electrons. The van der Waals surface area contributed by atoms with Crippen molar-refractivity contribution in [2.45, 2.75) is 12.3 Å². The smallest absolute Gasteiger partial charge is 0.235 e. The third-order valence-electron chi connectivity index (χ3n) is 11.1. The molecule has 1 atom stereocenters. The molecule has 2 aliphatic carbocycles. The fraction of sp³-hybridized carbons (Fsp3) is 0.0435. The zero-order valence-electron chi connectivity index (χ0n) is 26.9. The van der Waals surface area contributed by atoms with Crippen molar-refractivity contribution in [3.05, 3.63) is 162 Å². The summed E-state index contributed by atoms with van der Waals surface area (Å²) in [7, 11) is 0. The number of nitrogens with zero attached hydrogens (tertiary/aromatic N) is 3. The van der Waals surface area contributed by atoms with E-state index in [2.05, 4.69) is 150 Å². The molecule has 0 N–H and O–H groups in total. The molecule has 0 saturated heterocycles. The first kappa shape index (κ1) is 26.8. The summed E-state index contributed by atoms with van der Waals surface area (Å²) in [6, 6.07) is 53.2. The van der Waals surface area contributed by atoms with Crippen LogP contribution in [0.15, 0.2) is 146 Å². The zero-order chi connectivity index (χ0) is 32.5. The quantitative estimate of drug-likeness (QED) is 0.186. The fourth-order valence-electron chi connectivity index (χ4n) is 9.07. The van der Waals surface area contributed by atoms with E-state index in [1.54, 1.807) is 11.3 Å². The van der Waals surface area contributed by atoms with Crippen LogP contribution in [0, 0.1) is 0 Å². The van der Waals surface area contributed by atoms with Gasteiger partial charge in [0.15, 0.2) is 0 Å². The van der Waals surface area contributed by atoms with Crippen LogP contribution in [0.4, 0.5) is 0 Å². The Kier molecular flexibility index (Phi) is 5.23. The minimum atomic E-state index is 0.287. The summed E-state index contributed by atoms with van der Waals surface area (Å²) < 4.78 is 4.72. The Bertz CT molecular complexity index is 3080. The van der Waals surface area contributed by atoms with Crippen molar-refractivity contribution in [3.8, 4) is 39.5 Å². The van der Waals surface area contributed by atoms with E-state index in [-0.39, 0.29) is 5.92 Å². The van der Waals surface area contributed by atoms with Gasteiger partial charge in [-0.3, -0.25) is 4.57 Å². The molecule has 3 nitrogen and oxygen atoms in total. The van der Waals surface area contributed by atoms with Crippen molar-refractivity contribution in [1.82, 2.24) is 14.5 Å². The first-order valence-corrected chi connectivity index (χ1v) is 18.1. The normalized spacial score (nSPS) is 14.5. The maximum Gasteiger partial charge on any atom is 0.235 e. The molecule has 3 heterocycles. The number of rotatable bonds is 2. The van der Waals surface area contributed by atoms with Gasteiger partial charge in [0.1, 0.15) is 0 Å². The summed E-state index contributed by atoms with van der Waals surface area (Å²) in [4.78, 5) is 11.0. The Hall–Kier alpha value is -6.10. The highest BCUT2D eigenvalue weighted by atomic mass is 32.1. The van der Waals surface area contributed by atoms with Gasteiger partial charge in [0, 0.05) is 37.9 Å². The predicted octanol–water partition coefficient (Wildman–Crippen LogP) is 12.1. The Labute approximate surface area is 291 Å². The average Bonchev–Trinajstić information content (AvgIpc) is 3.83. The van der Waals surface area contributed by atoms with Crippen LogP contribution in [0.5, 0.6) is 0 Å². The van der Waals surface area contributed by atoms with Crippen molar-refractivity contribution in [2.24, 2.45) is 0 Å². The van der Waals surface area contributed by atoms with Gasteiger partial charge in [-0.25, -0.2) is 9.97 Å². The van der Waals surface area contributed by atoms with E-state index in [9.17, 15) is 0 Å². The van der Waals surface area contributed by atoms with Crippen LogP contribution in [0.2, 0.25) is 0 Å². The lowest BCUT2D eigenvalue weighted by Gasteiger charge is -2.27. The Balaban J connectivity index is 1.28. The second kappa shape index (κ2) is 9.75. The third-order valence-corrected chi connectivity index (χ3v) is 12.3. The van der Waals surface area contributed by atoms with Gasteiger partial charge in [-0.1, -0.05) is 127 Å². The van der Waals surface area contributed by atoms with Crippen molar-refractivity contribution in [3.63, 3.8) is 0 Å². The minimum absolute atomic E-state index is 0.287. The molecule has 0 amide bonds. The molecule has 10 aromatic rings. The molecule has 4 heteroatoms. The predicted molar refractivity (Wildman–Crippen MR) is 209 cm³/mol. The van der Waals surface area contributed by atoms with E-state index in [0.29, 0.717) is 5.95 Å². The fourth-order valence-corrected chi connectivity index (χ4v) is 10.2. The van der Waals surface area contributed by atoms with Crippen molar-refractivity contribution in [2.75, 3.05) is 0 Å². The highest BCUT2D eigenvalue weighted by molar-refractivity contribution is 7.26. The Morgan fingerprint density at radius 3 is 2.28 bits per heavy atom. The summed E-state index contributed by atoms with van der Waals surface area (Å²) in [5, 5.41) is 6.25. The van der Waals surface area contributed by atoms with Gasteiger partial charge in [-0.05, 0) is 68.8 Å². The summed E-state index contributed by atoms with van der Waals surface area (Å²) in [5.74, 6) is 0.998. The third kappa shape index (κ3) is 3.43. The molecule has 1 unspecified atom stereocenters. The molecule has 0 aliphatic heterocycles. The summed E-state index contributed by atoms with van der Waals surface area (Å²) in [6.45, 7) is 0. The summed E-state index contributed by atoms with van der Waals surface area (Å²) in [5.41, 5.74) is 15.1. The minimum Gasteiger partial charge on any atom is -0.277 e. The van der Waals surface area contributed by atoms with E-state index >= 15 is 0 Å². The molecule has 0 saturated carbocycles. The zero-order valence-corrected chi connectivity index (χ0v) is 27.7. The molecule has 0 bridgehead atoms. The maximum absolute atomic E-state index is 5.51. The maximum atomic E-state index is 5.51. The summed E-state index contributed by atoms with van der Waals surface area (Å²) in [6.07, 6.45) is 0.995. The van der Waals surface area contributed by atoms with E-state index in [1.807, 2.05) is 0 Å². The molecule has 7 aromatic carbocycles. The van der Waals surface area contributed by atoms with Crippen molar-refractivity contribution >= 4 is 64.2 Å². The lowest BCUT2D eigenvalue weighted by atomic mass is 9.77. The van der Waals surface area contributed by atoms with Crippen LogP contribution >= 0.6 is 11.3 Å². The first-order valence-electron chi connectivity index (χ1n) is 17.3. The second-order valence-electron chi connectivity index (χ2n) is 13.6. The van der Waals surface area contributed by atoms with Gasteiger partial charge < -0.3 is 0 Å². The molecule has 50 heavy (non-hydrogen) atoms. The van der Waals surface area contributed by atoms with Crippen LogP contribution in [-0.2, 0) is 6.42 Å². The monoisotopic (exact) mass is 653 g/mol. The van der Waals surface area contributed by atoms with Crippen LogP contribution in [-0.4, -0.2) is 14.5 Å². The van der Waals surface area contributed by atoms with Gasteiger partial charge in [0.2, 0.25) is 5.95 Å². The van der Waals surface area contributed by atoms with Gasteiger partial charge in [0.05, 0.1) is 26.9 Å². The van der Waals surface area contributed by atoms with E-state index in [1.165, 1.54) is 76.1 Å². The number of aromatic nitrogens is 3. The number of fused-ring (bicyclic) bond motifs is 14. The molecule has 3 aromatic heterocycles. The van der Waals surface area contributed by atoms with Gasteiger partial charge in [0.25, 0.3) is 0 Å². The van der Waals surface area contributed by atoms with Crippen LogP contribution in [0.1, 0.15) is 22.6 Å². The number of hydrogen-bond donors (Lipinski definition) is 0. The van der Waals surface area contributed by atoms with Crippen molar-refractivity contribution < 1.29 is 0 Å². The second-order valence-corrected chi connectivity index (χ2v) is 14.7. The van der Waals surface area contributed by atoms with E-state index in [0.717, 1.165) is 33.4 Å². The van der Waals surface area contributed by atoms with Gasteiger partial charge in [-0.15, -0.1) is 11.3 Å². The molecule has 2 aliphatic rings. The number of thiophene rings is 1. The molecule has 0 fully saturated rings. The molecular weight excluding hydrogens is 627 g/mol. The van der Waals surface area contributed by atoms with Crippen LogP contribution in [0.25, 0.3) is 92.3 Å². The highest BCUT2D eigenvalue weighted by Gasteiger charge is 2.39. The lowest BCUT2D eigenvalue weighted by molar-refractivity contribution is 0.816. The topological polar surface area (TPSA) is 30.7 Å². The Morgan fingerprint density at radius 2 is 1.36 bits per heavy atom. The number of benzene rings is 7. The highest BCUT2D eigenvalue weighted by Crippen LogP contribution is 2.58. The van der Waals surface area contributed by atoms with Crippen molar-refractivity contribution in [1.29, 1.82) is 0 Å². The molecule has 0 spiro atoms. The standard InChI is InChI=1S/C46H27N3S/c1-2-13-27(14-3-1)42-45-43(33-19-9-11-21-38(33)50-45)48-46(47-42)49-37-20-10-8-18-31(37)35-25-36-39-29-16-6-4-12-26(29)22-23-32(39)34-24-28-15-5-7-17-30(28)41(40(34)36)44(35)49/h1-23,25,34H,24H2. The first-order chi connectivity index (χ1) is 24.8. The van der Waals surface area contributed by atoms with E-state index < -0.39 is 0 Å². The number of hydrogen-bond acceptors (Lipinski definition) is 3. The van der Waals surface area contributed by atoms with Crippen LogP contribution < -0.4 is 0 Å².